The molecule has 0 fully saturated rings. The van der Waals surface area contributed by atoms with Crippen LogP contribution in [-0.2, 0) is 11.3 Å². The van der Waals surface area contributed by atoms with Crippen LogP contribution >= 0.6 is 0 Å². The zero-order valence-corrected chi connectivity index (χ0v) is 14.2. The molecule has 0 bridgehead atoms. The van der Waals surface area contributed by atoms with Crippen molar-refractivity contribution in [1.82, 2.24) is 5.32 Å². The SMILES string of the molecule is O=C(NC(C(=O)c1ccccc1)c1ccccc1)OCc1ccccc1. The standard InChI is InChI=1S/C22H19NO3/c24-21(19-14-8-3-9-15-19)20(18-12-6-2-7-13-18)23-22(25)26-16-17-10-4-1-5-11-17/h1-15,20H,16H2,(H,23,25). The van der Waals surface area contributed by atoms with Gasteiger partial charge in [0.1, 0.15) is 12.6 Å². The predicted octanol–water partition coefficient (Wildman–Crippen LogP) is 4.54. The van der Waals surface area contributed by atoms with Crippen LogP contribution in [0.3, 0.4) is 0 Å². The minimum atomic E-state index is -0.804. The number of ether oxygens (including phenoxy) is 1. The fraction of sp³-hybridized carbons (Fsp3) is 0.0909. The van der Waals surface area contributed by atoms with Crippen LogP contribution in [0.4, 0.5) is 4.79 Å². The maximum atomic E-state index is 12.9. The second kappa shape index (κ2) is 8.62. The van der Waals surface area contributed by atoms with E-state index in [1.807, 2.05) is 66.7 Å². The Morgan fingerprint density at radius 3 is 1.92 bits per heavy atom. The van der Waals surface area contributed by atoms with Crippen LogP contribution in [0.1, 0.15) is 27.5 Å². The molecule has 0 radical (unpaired) electrons. The van der Waals surface area contributed by atoms with Gasteiger partial charge in [-0.05, 0) is 11.1 Å². The van der Waals surface area contributed by atoms with E-state index in [1.165, 1.54) is 0 Å². The van der Waals surface area contributed by atoms with E-state index in [-0.39, 0.29) is 12.4 Å². The van der Waals surface area contributed by atoms with Gasteiger partial charge in [-0.25, -0.2) is 4.79 Å². The van der Waals surface area contributed by atoms with Crippen molar-refractivity contribution in [3.63, 3.8) is 0 Å². The Bertz CT molecular complexity index is 848. The molecule has 0 saturated heterocycles. The first-order chi connectivity index (χ1) is 12.7. The first-order valence-electron chi connectivity index (χ1n) is 8.35. The van der Waals surface area contributed by atoms with Crippen molar-refractivity contribution in [2.24, 2.45) is 0 Å². The molecule has 3 aromatic carbocycles. The van der Waals surface area contributed by atoms with Gasteiger partial charge in [0, 0.05) is 5.56 Å². The summed E-state index contributed by atoms with van der Waals surface area (Å²) in [6, 6.07) is 26.6. The maximum absolute atomic E-state index is 12.9. The third kappa shape index (κ3) is 4.57. The summed E-state index contributed by atoms with van der Waals surface area (Å²) in [4.78, 5) is 25.1. The number of hydrogen-bond acceptors (Lipinski definition) is 3. The Kier molecular flexibility index (Phi) is 5.78. The molecule has 0 spiro atoms. The quantitative estimate of drug-likeness (QED) is 0.668. The number of ketones is 1. The lowest BCUT2D eigenvalue weighted by molar-refractivity contribution is 0.0916. The van der Waals surface area contributed by atoms with Gasteiger partial charge in [-0.3, -0.25) is 4.79 Å². The Morgan fingerprint density at radius 1 is 0.769 bits per heavy atom. The molecule has 0 aliphatic rings. The molecule has 1 amide bonds. The smallest absolute Gasteiger partial charge is 0.408 e. The minimum Gasteiger partial charge on any atom is -0.445 e. The van der Waals surface area contributed by atoms with Crippen molar-refractivity contribution in [3.8, 4) is 0 Å². The number of Topliss-reactive ketones (excluding diaryl/α,β-unsaturated/α-hetero) is 1. The number of rotatable bonds is 6. The molecule has 4 nitrogen and oxygen atoms in total. The first-order valence-corrected chi connectivity index (χ1v) is 8.35. The van der Waals surface area contributed by atoms with Crippen LogP contribution in [0.2, 0.25) is 0 Å². The molecule has 0 saturated carbocycles. The van der Waals surface area contributed by atoms with Crippen molar-refractivity contribution in [2.75, 3.05) is 0 Å². The highest BCUT2D eigenvalue weighted by molar-refractivity contribution is 6.02. The average molecular weight is 345 g/mol. The van der Waals surface area contributed by atoms with Gasteiger partial charge in [-0.1, -0.05) is 91.0 Å². The number of carbonyl (C=O) groups excluding carboxylic acids is 2. The molecule has 3 aromatic rings. The molecule has 130 valence electrons. The molecule has 0 aromatic heterocycles. The minimum absolute atomic E-state index is 0.147. The van der Waals surface area contributed by atoms with Gasteiger partial charge in [0.2, 0.25) is 0 Å². The van der Waals surface area contributed by atoms with E-state index in [0.717, 1.165) is 5.56 Å². The summed E-state index contributed by atoms with van der Waals surface area (Å²) in [7, 11) is 0. The predicted molar refractivity (Wildman–Crippen MR) is 99.7 cm³/mol. The Balaban J connectivity index is 1.73. The lowest BCUT2D eigenvalue weighted by Gasteiger charge is -2.18. The van der Waals surface area contributed by atoms with E-state index >= 15 is 0 Å². The molecule has 1 unspecified atom stereocenters. The summed E-state index contributed by atoms with van der Waals surface area (Å²) in [6.07, 6.45) is -0.632. The normalized spacial score (nSPS) is 11.4. The summed E-state index contributed by atoms with van der Waals surface area (Å²) < 4.78 is 5.26. The van der Waals surface area contributed by atoms with Gasteiger partial charge in [0.05, 0.1) is 0 Å². The molecule has 0 aliphatic carbocycles. The zero-order chi connectivity index (χ0) is 18.2. The summed E-state index contributed by atoms with van der Waals surface area (Å²) in [5, 5.41) is 2.69. The summed E-state index contributed by atoms with van der Waals surface area (Å²) in [5.74, 6) is -0.187. The van der Waals surface area contributed by atoms with E-state index in [0.29, 0.717) is 11.1 Å². The van der Waals surface area contributed by atoms with Crippen LogP contribution in [0.15, 0.2) is 91.0 Å². The van der Waals surface area contributed by atoms with Crippen LogP contribution < -0.4 is 5.32 Å². The number of alkyl carbamates (subject to hydrolysis) is 1. The molecule has 4 heteroatoms. The number of amides is 1. The zero-order valence-electron chi connectivity index (χ0n) is 14.2. The van der Waals surface area contributed by atoms with E-state index in [4.69, 9.17) is 4.74 Å². The van der Waals surface area contributed by atoms with E-state index in [2.05, 4.69) is 5.32 Å². The Morgan fingerprint density at radius 2 is 1.31 bits per heavy atom. The summed E-state index contributed by atoms with van der Waals surface area (Å²) in [5.41, 5.74) is 2.12. The van der Waals surface area contributed by atoms with Crippen LogP contribution in [0.5, 0.6) is 0 Å². The van der Waals surface area contributed by atoms with Gasteiger partial charge in [0.15, 0.2) is 5.78 Å². The number of benzene rings is 3. The van der Waals surface area contributed by atoms with E-state index < -0.39 is 12.1 Å². The van der Waals surface area contributed by atoms with Crippen LogP contribution in [0, 0.1) is 0 Å². The third-order valence-electron chi connectivity index (χ3n) is 3.93. The highest BCUT2D eigenvalue weighted by atomic mass is 16.5. The van der Waals surface area contributed by atoms with Gasteiger partial charge < -0.3 is 10.1 Å². The molecule has 3 rings (SSSR count). The lowest BCUT2D eigenvalue weighted by Crippen LogP contribution is -2.34. The molecular weight excluding hydrogens is 326 g/mol. The second-order valence-electron chi connectivity index (χ2n) is 5.78. The highest BCUT2D eigenvalue weighted by Crippen LogP contribution is 2.19. The van der Waals surface area contributed by atoms with Gasteiger partial charge in [-0.2, -0.15) is 0 Å². The number of hydrogen-bond donors (Lipinski definition) is 1. The Hall–Kier alpha value is -3.40. The molecule has 0 heterocycles. The first kappa shape index (κ1) is 17.4. The molecular formula is C22H19NO3. The topological polar surface area (TPSA) is 55.4 Å². The van der Waals surface area contributed by atoms with Crippen LogP contribution in [-0.4, -0.2) is 11.9 Å². The van der Waals surface area contributed by atoms with Gasteiger partial charge >= 0.3 is 6.09 Å². The average Bonchev–Trinajstić information content (AvgIpc) is 2.72. The van der Waals surface area contributed by atoms with Crippen molar-refractivity contribution in [3.05, 3.63) is 108 Å². The van der Waals surface area contributed by atoms with Crippen LogP contribution in [0.25, 0.3) is 0 Å². The second-order valence-corrected chi connectivity index (χ2v) is 5.78. The fourth-order valence-electron chi connectivity index (χ4n) is 2.60. The number of nitrogens with one attached hydrogen (secondary N) is 1. The third-order valence-corrected chi connectivity index (χ3v) is 3.93. The Labute approximate surface area is 152 Å². The summed E-state index contributed by atoms with van der Waals surface area (Å²) >= 11 is 0. The molecule has 26 heavy (non-hydrogen) atoms. The molecule has 1 N–H and O–H groups in total. The van der Waals surface area contributed by atoms with Crippen molar-refractivity contribution in [2.45, 2.75) is 12.6 Å². The molecule has 0 aliphatic heterocycles. The highest BCUT2D eigenvalue weighted by Gasteiger charge is 2.24. The largest absolute Gasteiger partial charge is 0.445 e. The molecule has 1 atom stereocenters. The lowest BCUT2D eigenvalue weighted by atomic mass is 9.97. The van der Waals surface area contributed by atoms with E-state index in [1.54, 1.807) is 24.3 Å². The van der Waals surface area contributed by atoms with E-state index in [9.17, 15) is 9.59 Å². The fourth-order valence-corrected chi connectivity index (χ4v) is 2.60. The number of carbonyl (C=O) groups is 2. The van der Waals surface area contributed by atoms with Crippen molar-refractivity contribution in [1.29, 1.82) is 0 Å². The van der Waals surface area contributed by atoms with Crippen molar-refractivity contribution < 1.29 is 14.3 Å². The monoisotopic (exact) mass is 345 g/mol. The van der Waals surface area contributed by atoms with Crippen molar-refractivity contribution >= 4 is 11.9 Å². The summed E-state index contributed by atoms with van der Waals surface area (Å²) in [6.45, 7) is 0.147. The maximum Gasteiger partial charge on any atom is 0.408 e. The van der Waals surface area contributed by atoms with Gasteiger partial charge in [-0.15, -0.1) is 0 Å². The van der Waals surface area contributed by atoms with Gasteiger partial charge in [0.25, 0.3) is 0 Å².